The highest BCUT2D eigenvalue weighted by atomic mass is 35.5. The van der Waals surface area contributed by atoms with Crippen LogP contribution in [0.15, 0.2) is 54.5 Å². The Morgan fingerprint density at radius 2 is 1.81 bits per heavy atom. The van der Waals surface area contributed by atoms with E-state index in [1.165, 1.54) is 29.5 Å². The molecular weight excluding hydrogens is 535 g/mol. The average molecular weight is 552 g/mol. The Kier molecular flexibility index (Phi) is 7.23. The Hall–Kier alpha value is -3.91. The van der Waals surface area contributed by atoms with E-state index < -0.39 is 45.2 Å². The monoisotopic (exact) mass is 551 g/mol. The van der Waals surface area contributed by atoms with Crippen LogP contribution in [0, 0.1) is 5.82 Å². The number of carbonyl (C=O) groups is 1. The predicted octanol–water partition coefficient (Wildman–Crippen LogP) is 4.13. The number of nitrogens with zero attached hydrogens (tertiary/aromatic N) is 6. The van der Waals surface area contributed by atoms with Crippen LogP contribution in [0.3, 0.4) is 0 Å². The number of aromatic nitrogens is 6. The Labute approximate surface area is 213 Å². The quantitative estimate of drug-likeness (QED) is 0.339. The molecule has 0 aliphatic rings. The molecule has 0 bridgehead atoms. The normalized spacial score (nSPS) is 12.5. The second kappa shape index (κ2) is 10.2. The van der Waals surface area contributed by atoms with Gasteiger partial charge < -0.3 is 5.32 Å². The minimum absolute atomic E-state index is 0.261. The van der Waals surface area contributed by atoms with Crippen LogP contribution in [0.4, 0.5) is 18.9 Å². The number of carbonyl (C=O) groups excluding carboxylic acids is 1. The van der Waals surface area contributed by atoms with E-state index in [4.69, 9.17) is 11.6 Å². The molecule has 15 heteroatoms. The number of anilines is 1. The lowest BCUT2D eigenvalue weighted by atomic mass is 10.0. The summed E-state index contributed by atoms with van der Waals surface area (Å²) in [6.07, 6.45) is 5.69. The van der Waals surface area contributed by atoms with Crippen molar-refractivity contribution in [3.05, 3.63) is 77.0 Å². The van der Waals surface area contributed by atoms with Gasteiger partial charge in [-0.05, 0) is 13.0 Å². The maximum absolute atomic E-state index is 14.6. The van der Waals surface area contributed by atoms with Gasteiger partial charge in [-0.15, -0.1) is 0 Å². The lowest BCUT2D eigenvalue weighted by Crippen LogP contribution is -2.14. The van der Waals surface area contributed by atoms with Crippen LogP contribution in [0.5, 0.6) is 0 Å². The molecule has 0 aliphatic heterocycles. The van der Waals surface area contributed by atoms with Crippen molar-refractivity contribution >= 4 is 33.0 Å². The van der Waals surface area contributed by atoms with Crippen LogP contribution in [-0.2, 0) is 9.84 Å². The van der Waals surface area contributed by atoms with Gasteiger partial charge in [-0.25, -0.2) is 36.5 Å². The van der Waals surface area contributed by atoms with E-state index in [-0.39, 0.29) is 27.3 Å². The molecule has 0 spiro atoms. The molecule has 0 saturated heterocycles. The first-order valence-corrected chi connectivity index (χ1v) is 12.7. The highest BCUT2D eigenvalue weighted by Crippen LogP contribution is 2.35. The number of amides is 1. The molecule has 0 aliphatic carbocycles. The lowest BCUT2D eigenvalue weighted by Gasteiger charge is -2.12. The summed E-state index contributed by atoms with van der Waals surface area (Å²) in [5, 5.41) is 6.04. The number of halogens is 4. The van der Waals surface area contributed by atoms with Crippen LogP contribution >= 0.6 is 11.6 Å². The van der Waals surface area contributed by atoms with Gasteiger partial charge in [0.1, 0.15) is 5.69 Å². The smallest absolute Gasteiger partial charge is 0.275 e. The third-order valence-corrected chi connectivity index (χ3v) is 6.37. The summed E-state index contributed by atoms with van der Waals surface area (Å²) >= 11 is 5.76. The van der Waals surface area contributed by atoms with Gasteiger partial charge in [0.2, 0.25) is 15.0 Å². The SMILES string of the molecule is CC(c1cnc(S(C)(=O)=O)nc1)n1cc(NC(=O)c2cncc(-c3c(C(F)F)ccc(Cl)c3F)n2)cn1. The summed E-state index contributed by atoms with van der Waals surface area (Å²) in [6.45, 7) is 1.76. The van der Waals surface area contributed by atoms with Gasteiger partial charge in [0.25, 0.3) is 12.3 Å². The maximum atomic E-state index is 14.6. The Morgan fingerprint density at radius 3 is 2.46 bits per heavy atom. The van der Waals surface area contributed by atoms with Crippen molar-refractivity contribution < 1.29 is 26.4 Å². The number of nitrogens with one attached hydrogen (secondary N) is 1. The van der Waals surface area contributed by atoms with Crippen molar-refractivity contribution in [1.82, 2.24) is 29.7 Å². The van der Waals surface area contributed by atoms with Crippen molar-refractivity contribution in [2.45, 2.75) is 24.5 Å². The molecule has 0 saturated carbocycles. The second-order valence-corrected chi connectivity index (χ2v) is 10.1. The van der Waals surface area contributed by atoms with E-state index in [1.807, 2.05) is 0 Å². The Morgan fingerprint density at radius 1 is 1.11 bits per heavy atom. The maximum Gasteiger partial charge on any atom is 0.275 e. The number of hydrogen-bond donors (Lipinski definition) is 1. The first-order valence-electron chi connectivity index (χ1n) is 10.4. The zero-order valence-electron chi connectivity index (χ0n) is 19.1. The largest absolute Gasteiger partial charge is 0.318 e. The Bertz CT molecular complexity index is 1580. The summed E-state index contributed by atoms with van der Waals surface area (Å²) < 4.78 is 66.1. The van der Waals surface area contributed by atoms with Gasteiger partial charge in [-0.2, -0.15) is 5.10 Å². The molecule has 1 atom stereocenters. The molecule has 0 radical (unpaired) electrons. The van der Waals surface area contributed by atoms with Gasteiger partial charge in [-0.3, -0.25) is 14.5 Å². The minimum Gasteiger partial charge on any atom is -0.318 e. The van der Waals surface area contributed by atoms with E-state index in [1.54, 1.807) is 6.92 Å². The fraction of sp³-hybridized carbons (Fsp3) is 0.182. The third-order valence-electron chi connectivity index (χ3n) is 5.20. The van der Waals surface area contributed by atoms with E-state index in [9.17, 15) is 26.4 Å². The van der Waals surface area contributed by atoms with Crippen LogP contribution < -0.4 is 5.32 Å². The second-order valence-electron chi connectivity index (χ2n) is 7.83. The van der Waals surface area contributed by atoms with Crippen molar-refractivity contribution in [3.63, 3.8) is 0 Å². The van der Waals surface area contributed by atoms with Crippen molar-refractivity contribution in [1.29, 1.82) is 0 Å². The molecule has 0 fully saturated rings. The van der Waals surface area contributed by atoms with Crippen molar-refractivity contribution in [3.8, 4) is 11.3 Å². The van der Waals surface area contributed by atoms with Crippen LogP contribution in [0.1, 0.15) is 41.0 Å². The molecule has 37 heavy (non-hydrogen) atoms. The number of benzene rings is 1. The molecule has 3 heterocycles. The van der Waals surface area contributed by atoms with Gasteiger partial charge >= 0.3 is 0 Å². The van der Waals surface area contributed by atoms with Crippen molar-refractivity contribution in [2.75, 3.05) is 11.6 Å². The highest BCUT2D eigenvalue weighted by Gasteiger charge is 2.23. The van der Waals surface area contributed by atoms with E-state index in [0.717, 1.165) is 30.8 Å². The molecule has 1 N–H and O–H groups in total. The highest BCUT2D eigenvalue weighted by molar-refractivity contribution is 7.90. The van der Waals surface area contributed by atoms with Gasteiger partial charge in [0.05, 0.1) is 41.0 Å². The third kappa shape index (κ3) is 5.59. The number of hydrogen-bond acceptors (Lipinski definition) is 8. The summed E-state index contributed by atoms with van der Waals surface area (Å²) in [5.41, 5.74) is -0.911. The summed E-state index contributed by atoms with van der Waals surface area (Å²) in [6, 6.07) is 1.58. The molecule has 1 amide bonds. The van der Waals surface area contributed by atoms with Crippen LogP contribution in [0.2, 0.25) is 5.02 Å². The molecule has 192 valence electrons. The standard InChI is InChI=1S/C22H17ClF3N7O3S/c1-11(12-5-28-22(29-6-12)37(2,35)36)33-10-13(7-30-33)31-21(34)17-9-27-8-16(32-17)18-14(20(25)26)3-4-15(23)19(18)24/h3-11,20H,1-2H3,(H,31,34). The van der Waals surface area contributed by atoms with Crippen LogP contribution in [0.25, 0.3) is 11.3 Å². The molecule has 4 aromatic rings. The molecular formula is C22H17ClF3N7O3S. The van der Waals surface area contributed by atoms with E-state index in [0.29, 0.717) is 5.56 Å². The van der Waals surface area contributed by atoms with Gasteiger partial charge in [-0.1, -0.05) is 17.7 Å². The van der Waals surface area contributed by atoms with Crippen LogP contribution in [-0.4, -0.2) is 50.3 Å². The first-order chi connectivity index (χ1) is 17.5. The number of sulfone groups is 1. The average Bonchev–Trinajstić information content (AvgIpc) is 3.33. The predicted molar refractivity (Wildman–Crippen MR) is 127 cm³/mol. The molecule has 10 nitrogen and oxygen atoms in total. The molecule has 1 aromatic carbocycles. The topological polar surface area (TPSA) is 133 Å². The summed E-state index contributed by atoms with van der Waals surface area (Å²) in [7, 11) is -3.55. The first kappa shape index (κ1) is 26.2. The van der Waals surface area contributed by atoms with E-state index in [2.05, 4.69) is 30.4 Å². The van der Waals surface area contributed by atoms with E-state index >= 15 is 0 Å². The summed E-state index contributed by atoms with van der Waals surface area (Å²) in [4.78, 5) is 28.3. The fourth-order valence-electron chi connectivity index (χ4n) is 3.30. The molecule has 1 unspecified atom stereocenters. The minimum atomic E-state index is -3.55. The summed E-state index contributed by atoms with van der Waals surface area (Å²) in [5.74, 6) is -1.85. The lowest BCUT2D eigenvalue weighted by molar-refractivity contribution is 0.102. The van der Waals surface area contributed by atoms with Gasteiger partial charge in [0, 0.05) is 41.5 Å². The van der Waals surface area contributed by atoms with Gasteiger partial charge in [0.15, 0.2) is 5.82 Å². The number of alkyl halides is 2. The molecule has 3 aromatic heterocycles. The zero-order chi connectivity index (χ0) is 26.9. The Balaban J connectivity index is 1.54. The zero-order valence-corrected chi connectivity index (χ0v) is 20.7. The fourth-order valence-corrected chi connectivity index (χ4v) is 3.95. The van der Waals surface area contributed by atoms with Crippen molar-refractivity contribution in [2.24, 2.45) is 0 Å². The number of rotatable bonds is 7. The molecule has 4 rings (SSSR count).